The molecule has 2 aromatic carbocycles. The van der Waals surface area contributed by atoms with Crippen molar-refractivity contribution in [1.29, 1.82) is 0 Å². The van der Waals surface area contributed by atoms with Crippen molar-refractivity contribution in [2.75, 3.05) is 31.2 Å². The maximum absolute atomic E-state index is 13.9. The Morgan fingerprint density at radius 2 is 1.67 bits per heavy atom. The smallest absolute Gasteiger partial charge is 0.250 e. The van der Waals surface area contributed by atoms with Crippen LogP contribution in [0.25, 0.3) is 0 Å². The SMILES string of the molecule is Cc1ccc(C[C@@H](N)C(=O)N2CCC3(CC2)C(=O)N(CC(=O)NC2CCCCC2)CN3c2ccccc2)cc1. The van der Waals surface area contributed by atoms with Gasteiger partial charge in [0.1, 0.15) is 12.1 Å². The van der Waals surface area contributed by atoms with Crippen molar-refractivity contribution in [3.05, 3.63) is 65.7 Å². The molecule has 1 spiro atoms. The van der Waals surface area contributed by atoms with E-state index < -0.39 is 11.6 Å². The van der Waals surface area contributed by atoms with Crippen LogP contribution in [0.5, 0.6) is 0 Å². The van der Waals surface area contributed by atoms with Crippen molar-refractivity contribution in [2.45, 2.75) is 75.9 Å². The average Bonchev–Trinajstić information content (AvgIpc) is 3.21. The molecule has 0 aromatic heterocycles. The van der Waals surface area contributed by atoms with Crippen molar-refractivity contribution in [3.8, 4) is 0 Å². The number of piperidine rings is 1. The molecular weight excluding hydrogens is 490 g/mol. The summed E-state index contributed by atoms with van der Waals surface area (Å²) >= 11 is 0. The number of nitrogens with one attached hydrogen (secondary N) is 1. The summed E-state index contributed by atoms with van der Waals surface area (Å²) in [5.41, 5.74) is 8.73. The van der Waals surface area contributed by atoms with Gasteiger partial charge in [-0.1, -0.05) is 67.3 Å². The fourth-order valence-electron chi connectivity index (χ4n) is 6.41. The van der Waals surface area contributed by atoms with Gasteiger partial charge in [-0.2, -0.15) is 0 Å². The summed E-state index contributed by atoms with van der Waals surface area (Å²) in [5, 5.41) is 3.15. The number of aryl methyl sites for hydroxylation is 1. The molecule has 0 radical (unpaired) electrons. The molecule has 3 N–H and O–H groups in total. The molecule has 3 aliphatic rings. The number of nitrogens with zero attached hydrogens (tertiary/aromatic N) is 3. The summed E-state index contributed by atoms with van der Waals surface area (Å²) in [6.07, 6.45) is 7.02. The molecule has 1 atom stereocenters. The first-order valence-corrected chi connectivity index (χ1v) is 14.4. The lowest BCUT2D eigenvalue weighted by Gasteiger charge is -2.43. The van der Waals surface area contributed by atoms with Gasteiger partial charge in [0.15, 0.2) is 0 Å². The van der Waals surface area contributed by atoms with E-state index in [4.69, 9.17) is 5.73 Å². The molecular formula is C31H41N5O3. The number of carbonyl (C=O) groups is 3. The first-order valence-electron chi connectivity index (χ1n) is 14.4. The Bertz CT molecular complexity index is 1150. The molecule has 1 saturated carbocycles. The maximum Gasteiger partial charge on any atom is 0.250 e. The predicted molar refractivity (Wildman–Crippen MR) is 152 cm³/mol. The summed E-state index contributed by atoms with van der Waals surface area (Å²) in [5.74, 6) is -0.193. The van der Waals surface area contributed by atoms with Crippen LogP contribution in [0.15, 0.2) is 54.6 Å². The van der Waals surface area contributed by atoms with Crippen molar-refractivity contribution < 1.29 is 14.4 Å². The molecule has 1 aliphatic carbocycles. The zero-order chi connectivity index (χ0) is 27.4. The van der Waals surface area contributed by atoms with Crippen molar-refractivity contribution in [2.24, 2.45) is 5.73 Å². The van der Waals surface area contributed by atoms with Crippen molar-refractivity contribution >= 4 is 23.4 Å². The Morgan fingerprint density at radius 1 is 1.00 bits per heavy atom. The highest BCUT2D eigenvalue weighted by molar-refractivity contribution is 5.96. The summed E-state index contributed by atoms with van der Waals surface area (Å²) in [4.78, 5) is 45.7. The van der Waals surface area contributed by atoms with Crippen molar-refractivity contribution in [1.82, 2.24) is 15.1 Å². The van der Waals surface area contributed by atoms with E-state index >= 15 is 0 Å². The van der Waals surface area contributed by atoms with Crippen LogP contribution in [0.2, 0.25) is 0 Å². The lowest BCUT2D eigenvalue weighted by molar-refractivity contribution is -0.140. The first-order chi connectivity index (χ1) is 18.9. The Balaban J connectivity index is 1.26. The van der Waals surface area contributed by atoms with E-state index in [2.05, 4.69) is 10.2 Å². The van der Waals surface area contributed by atoms with Gasteiger partial charge in [-0.3, -0.25) is 14.4 Å². The second-order valence-corrected chi connectivity index (χ2v) is 11.5. The van der Waals surface area contributed by atoms with Crippen LogP contribution in [0.1, 0.15) is 56.1 Å². The molecule has 39 heavy (non-hydrogen) atoms. The maximum atomic E-state index is 13.9. The molecule has 2 aromatic rings. The number of likely N-dealkylation sites (tertiary alicyclic amines) is 1. The van der Waals surface area contributed by atoms with Gasteiger partial charge in [0.05, 0.1) is 12.7 Å². The average molecular weight is 532 g/mol. The summed E-state index contributed by atoms with van der Waals surface area (Å²) in [6.45, 7) is 3.37. The molecule has 2 saturated heterocycles. The van der Waals surface area contributed by atoms with Crippen molar-refractivity contribution in [3.63, 3.8) is 0 Å². The topological polar surface area (TPSA) is 99.0 Å². The van der Waals surface area contributed by atoms with E-state index in [0.717, 1.165) is 36.9 Å². The summed E-state index contributed by atoms with van der Waals surface area (Å²) < 4.78 is 0. The molecule has 5 rings (SSSR count). The number of para-hydroxylation sites is 1. The van der Waals surface area contributed by atoms with E-state index in [1.54, 1.807) is 9.80 Å². The van der Waals surface area contributed by atoms with Crippen LogP contribution < -0.4 is 16.0 Å². The van der Waals surface area contributed by atoms with Gasteiger partial charge in [-0.25, -0.2) is 0 Å². The highest BCUT2D eigenvalue weighted by Gasteiger charge is 2.54. The third-order valence-corrected chi connectivity index (χ3v) is 8.68. The number of benzene rings is 2. The van der Waals surface area contributed by atoms with E-state index in [9.17, 15) is 14.4 Å². The monoisotopic (exact) mass is 531 g/mol. The number of carbonyl (C=O) groups excluding carboxylic acids is 3. The van der Waals surface area contributed by atoms with E-state index in [1.807, 2.05) is 61.5 Å². The van der Waals surface area contributed by atoms with Gasteiger partial charge >= 0.3 is 0 Å². The lowest BCUT2D eigenvalue weighted by Crippen LogP contribution is -2.59. The van der Waals surface area contributed by atoms with Crippen LogP contribution in [0, 0.1) is 6.92 Å². The zero-order valence-electron chi connectivity index (χ0n) is 23.0. The molecule has 8 heteroatoms. The number of amides is 3. The first kappa shape index (κ1) is 27.2. The molecule has 0 bridgehead atoms. The van der Waals surface area contributed by atoms with Crippen LogP contribution in [-0.4, -0.2) is 71.4 Å². The normalized spacial score (nSPS) is 20.4. The standard InChI is InChI=1S/C31H41N5O3/c1-23-12-14-24(15-13-23)20-27(32)29(38)34-18-16-31(17-19-34)30(39)35(22-36(31)26-10-6-3-7-11-26)21-28(37)33-25-8-4-2-5-9-25/h3,6-7,10-15,25,27H,2,4-5,8-9,16-22,32H2,1H3,(H,33,37)/t27-/m1/s1. The highest BCUT2D eigenvalue weighted by Crippen LogP contribution is 2.39. The number of hydrogen-bond acceptors (Lipinski definition) is 5. The molecule has 8 nitrogen and oxygen atoms in total. The van der Waals surface area contributed by atoms with E-state index in [1.165, 1.54) is 12.0 Å². The molecule has 3 fully saturated rings. The minimum atomic E-state index is -0.774. The molecule has 0 unspecified atom stereocenters. The number of hydrogen-bond donors (Lipinski definition) is 2. The molecule has 2 heterocycles. The van der Waals surface area contributed by atoms with Crippen LogP contribution >= 0.6 is 0 Å². The van der Waals surface area contributed by atoms with E-state index in [0.29, 0.717) is 39.0 Å². The van der Waals surface area contributed by atoms with Crippen LogP contribution in [0.3, 0.4) is 0 Å². The molecule has 3 amide bonds. The Labute approximate surface area is 231 Å². The lowest BCUT2D eigenvalue weighted by atomic mass is 9.85. The molecule has 208 valence electrons. The van der Waals surface area contributed by atoms with E-state index in [-0.39, 0.29) is 30.3 Å². The third kappa shape index (κ3) is 5.96. The number of rotatable bonds is 7. The quantitative estimate of drug-likeness (QED) is 0.572. The van der Waals surface area contributed by atoms with Gasteiger partial charge < -0.3 is 25.8 Å². The third-order valence-electron chi connectivity index (χ3n) is 8.68. The van der Waals surface area contributed by atoms with Crippen LogP contribution in [0.4, 0.5) is 5.69 Å². The van der Waals surface area contributed by atoms with Gasteiger partial charge in [0, 0.05) is 24.8 Å². The minimum absolute atomic E-state index is 0.0267. The van der Waals surface area contributed by atoms with Gasteiger partial charge in [-0.05, 0) is 56.7 Å². The van der Waals surface area contributed by atoms with Gasteiger partial charge in [0.25, 0.3) is 5.91 Å². The van der Waals surface area contributed by atoms with Crippen LogP contribution in [-0.2, 0) is 20.8 Å². The summed E-state index contributed by atoms with van der Waals surface area (Å²) in [6, 6.07) is 17.6. The number of nitrogens with two attached hydrogens (primary N) is 1. The largest absolute Gasteiger partial charge is 0.352 e. The molecule has 2 aliphatic heterocycles. The summed E-state index contributed by atoms with van der Waals surface area (Å²) in [7, 11) is 0. The van der Waals surface area contributed by atoms with Gasteiger partial charge in [-0.15, -0.1) is 0 Å². The fourth-order valence-corrected chi connectivity index (χ4v) is 6.41. The minimum Gasteiger partial charge on any atom is -0.352 e. The Kier molecular flexibility index (Phi) is 8.21. The predicted octanol–water partition coefficient (Wildman–Crippen LogP) is 2.98. The van der Waals surface area contributed by atoms with Gasteiger partial charge in [0.2, 0.25) is 11.8 Å². The zero-order valence-corrected chi connectivity index (χ0v) is 23.0. The highest BCUT2D eigenvalue weighted by atomic mass is 16.2. The Morgan fingerprint density at radius 3 is 2.33 bits per heavy atom. The number of anilines is 1. The second-order valence-electron chi connectivity index (χ2n) is 11.5. The fraction of sp³-hybridized carbons (Fsp3) is 0.516. The second kappa shape index (κ2) is 11.8. The Hall–Kier alpha value is -3.39.